The van der Waals surface area contributed by atoms with Gasteiger partial charge in [-0.2, -0.15) is 26.0 Å². The summed E-state index contributed by atoms with van der Waals surface area (Å²) >= 11 is 0. The van der Waals surface area contributed by atoms with E-state index in [0.29, 0.717) is 12.8 Å². The van der Waals surface area contributed by atoms with Crippen LogP contribution in [0.4, 0.5) is 0 Å². The summed E-state index contributed by atoms with van der Waals surface area (Å²) in [5, 5.41) is 34.4. The van der Waals surface area contributed by atoms with E-state index in [4.69, 9.17) is 15.8 Å². The molecule has 5 heteroatoms. The van der Waals surface area contributed by atoms with Gasteiger partial charge in [-0.25, -0.2) is 0 Å². The Bertz CT molecular complexity index is 433. The lowest BCUT2D eigenvalue weighted by Crippen LogP contribution is -2.23. The second-order valence-electron chi connectivity index (χ2n) is 6.29. The Balaban J connectivity index is 0. The van der Waals surface area contributed by atoms with Gasteiger partial charge in [-0.1, -0.05) is 40.0 Å². The molecule has 5 nitrogen and oxygen atoms in total. The maximum atomic E-state index is 9.03. The topological polar surface area (TPSA) is 96.1 Å². The lowest BCUT2D eigenvalue weighted by molar-refractivity contribution is 0.446. The van der Waals surface area contributed by atoms with Crippen molar-refractivity contribution in [1.82, 2.24) is 0 Å². The monoisotopic (exact) mass is 317 g/mol. The average Bonchev–Trinajstić information content (AvgIpc) is 2.54. The minimum absolute atomic E-state index is 0.255. The fourth-order valence-corrected chi connectivity index (χ4v) is 1.95. The molecular formula is C18H31N5. The summed E-state index contributed by atoms with van der Waals surface area (Å²) in [6.07, 6.45) is 5.24. The van der Waals surface area contributed by atoms with Gasteiger partial charge >= 0.3 is 0 Å². The third-order valence-electron chi connectivity index (χ3n) is 3.39. The Morgan fingerprint density at radius 1 is 0.826 bits per heavy atom. The van der Waals surface area contributed by atoms with Crippen molar-refractivity contribution in [2.45, 2.75) is 91.1 Å². The summed E-state index contributed by atoms with van der Waals surface area (Å²) < 4.78 is 0. The molecule has 0 aromatic heterocycles. The highest BCUT2D eigenvalue weighted by Gasteiger charge is 2.26. The molecule has 0 saturated heterocycles. The van der Waals surface area contributed by atoms with Gasteiger partial charge < -0.3 is 0 Å². The van der Waals surface area contributed by atoms with Crippen molar-refractivity contribution < 1.29 is 0 Å². The van der Waals surface area contributed by atoms with Crippen molar-refractivity contribution in [2.75, 3.05) is 0 Å². The Morgan fingerprint density at radius 2 is 1.22 bits per heavy atom. The molecule has 0 fully saturated rings. The number of azo groups is 1. The molecule has 0 saturated carbocycles. The number of hydrogen-bond acceptors (Lipinski definition) is 5. The number of rotatable bonds is 8. The lowest BCUT2D eigenvalue weighted by atomic mass is 9.98. The maximum absolute atomic E-state index is 9.03. The van der Waals surface area contributed by atoms with Crippen molar-refractivity contribution in [3.63, 3.8) is 0 Å². The van der Waals surface area contributed by atoms with E-state index in [-0.39, 0.29) is 5.92 Å². The first-order valence-corrected chi connectivity index (χ1v) is 8.42. The second kappa shape index (κ2) is 12.6. The van der Waals surface area contributed by atoms with Crippen LogP contribution < -0.4 is 0 Å². The van der Waals surface area contributed by atoms with E-state index >= 15 is 0 Å². The van der Waals surface area contributed by atoms with Crippen molar-refractivity contribution in [3.05, 3.63) is 0 Å². The van der Waals surface area contributed by atoms with E-state index in [1.807, 2.05) is 20.8 Å². The molecule has 0 radical (unpaired) electrons. The summed E-state index contributed by atoms with van der Waals surface area (Å²) in [7, 11) is 0. The van der Waals surface area contributed by atoms with Crippen molar-refractivity contribution in [3.8, 4) is 18.2 Å². The zero-order valence-electron chi connectivity index (χ0n) is 15.6. The van der Waals surface area contributed by atoms with E-state index < -0.39 is 11.1 Å². The van der Waals surface area contributed by atoms with Gasteiger partial charge in [0, 0.05) is 5.92 Å². The predicted octanol–water partition coefficient (Wildman–Crippen LogP) is 5.55. The first-order chi connectivity index (χ1) is 10.8. The molecule has 0 aromatic rings. The van der Waals surface area contributed by atoms with Gasteiger partial charge in [0.05, 0.1) is 18.2 Å². The molecule has 0 aromatic carbocycles. The standard InChI is InChI=1S/C12H20N4.C6H11N/c1-5-7-11(3,9-13)15-16-12(4,10-14)8-6-2;1-3-4-6(2)5-7/h5-8H2,1-4H3;6H,3-4H2,1-2H3. The van der Waals surface area contributed by atoms with Crippen LogP contribution in [0.25, 0.3) is 0 Å². The van der Waals surface area contributed by atoms with Crippen LogP contribution >= 0.6 is 0 Å². The quantitative estimate of drug-likeness (QED) is 0.549. The van der Waals surface area contributed by atoms with Crippen molar-refractivity contribution in [2.24, 2.45) is 16.1 Å². The van der Waals surface area contributed by atoms with Gasteiger partial charge in [-0.3, -0.25) is 0 Å². The van der Waals surface area contributed by atoms with Crippen LogP contribution in [-0.2, 0) is 0 Å². The molecule has 0 aliphatic heterocycles. The van der Waals surface area contributed by atoms with Gasteiger partial charge in [0.25, 0.3) is 0 Å². The molecule has 23 heavy (non-hydrogen) atoms. The first kappa shape index (κ1) is 23.3. The highest BCUT2D eigenvalue weighted by molar-refractivity contribution is 5.06. The third kappa shape index (κ3) is 11.3. The maximum Gasteiger partial charge on any atom is 0.164 e. The molecule has 128 valence electrons. The van der Waals surface area contributed by atoms with Gasteiger partial charge in [0.1, 0.15) is 0 Å². The van der Waals surface area contributed by atoms with Gasteiger partial charge in [0.2, 0.25) is 0 Å². The van der Waals surface area contributed by atoms with Crippen molar-refractivity contribution in [1.29, 1.82) is 15.8 Å². The average molecular weight is 317 g/mol. The zero-order valence-corrected chi connectivity index (χ0v) is 15.6. The summed E-state index contributed by atoms with van der Waals surface area (Å²) in [6.45, 7) is 11.5. The predicted molar refractivity (Wildman–Crippen MR) is 92.4 cm³/mol. The zero-order chi connectivity index (χ0) is 18.4. The fraction of sp³-hybridized carbons (Fsp3) is 0.833. The highest BCUT2D eigenvalue weighted by atomic mass is 15.2. The Morgan fingerprint density at radius 3 is 1.39 bits per heavy atom. The van der Waals surface area contributed by atoms with E-state index in [9.17, 15) is 0 Å². The van der Waals surface area contributed by atoms with E-state index in [1.165, 1.54) is 0 Å². The number of hydrogen-bond donors (Lipinski definition) is 0. The van der Waals surface area contributed by atoms with Crippen LogP contribution in [0, 0.1) is 39.9 Å². The van der Waals surface area contributed by atoms with Crippen LogP contribution in [0.2, 0.25) is 0 Å². The Hall–Kier alpha value is -1.93. The van der Waals surface area contributed by atoms with Gasteiger partial charge in [-0.05, 0) is 40.0 Å². The fourth-order valence-electron chi connectivity index (χ4n) is 1.95. The highest BCUT2D eigenvalue weighted by Crippen LogP contribution is 2.22. The molecule has 0 N–H and O–H groups in total. The molecule has 0 bridgehead atoms. The molecule has 3 unspecified atom stereocenters. The van der Waals surface area contributed by atoms with E-state index in [0.717, 1.165) is 25.7 Å². The molecule has 0 rings (SSSR count). The molecule has 0 aliphatic rings. The van der Waals surface area contributed by atoms with E-state index in [1.54, 1.807) is 13.8 Å². The molecule has 0 aliphatic carbocycles. The van der Waals surface area contributed by atoms with Gasteiger partial charge in [0.15, 0.2) is 11.1 Å². The number of nitriles is 3. The third-order valence-corrected chi connectivity index (χ3v) is 3.39. The molecule has 0 amide bonds. The second-order valence-corrected chi connectivity index (χ2v) is 6.29. The van der Waals surface area contributed by atoms with Crippen LogP contribution in [0.5, 0.6) is 0 Å². The lowest BCUT2D eigenvalue weighted by Gasteiger charge is -2.18. The molecular weight excluding hydrogens is 286 g/mol. The minimum atomic E-state index is -0.791. The van der Waals surface area contributed by atoms with Crippen LogP contribution in [0.15, 0.2) is 10.2 Å². The summed E-state index contributed by atoms with van der Waals surface area (Å²) in [6, 6.07) is 6.46. The minimum Gasteiger partial charge on any atom is -0.198 e. The van der Waals surface area contributed by atoms with Crippen LogP contribution in [0.3, 0.4) is 0 Å². The summed E-state index contributed by atoms with van der Waals surface area (Å²) in [5.41, 5.74) is -1.58. The largest absolute Gasteiger partial charge is 0.198 e. The molecule has 0 spiro atoms. The molecule has 3 atom stereocenters. The molecule has 0 heterocycles. The SMILES string of the molecule is CCCC(C)(C#N)N=NC(C)(C#N)CCC.CCCC(C)C#N. The van der Waals surface area contributed by atoms with E-state index in [2.05, 4.69) is 35.4 Å². The summed E-state index contributed by atoms with van der Waals surface area (Å²) in [4.78, 5) is 0. The Labute approximate surface area is 142 Å². The first-order valence-electron chi connectivity index (χ1n) is 8.42. The smallest absolute Gasteiger partial charge is 0.164 e. The number of nitrogens with zero attached hydrogens (tertiary/aromatic N) is 5. The van der Waals surface area contributed by atoms with Gasteiger partial charge in [-0.15, -0.1) is 0 Å². The Kier molecular flexibility index (Phi) is 12.8. The van der Waals surface area contributed by atoms with Crippen LogP contribution in [0.1, 0.15) is 80.1 Å². The van der Waals surface area contributed by atoms with Crippen LogP contribution in [-0.4, -0.2) is 11.1 Å². The van der Waals surface area contributed by atoms with Crippen molar-refractivity contribution >= 4 is 0 Å². The summed E-state index contributed by atoms with van der Waals surface area (Å²) in [5.74, 6) is 0.255. The normalized spacial score (nSPS) is 16.7.